The number of amides is 3. The van der Waals surface area contributed by atoms with Gasteiger partial charge < -0.3 is 14.8 Å². The molecule has 0 saturated carbocycles. The lowest BCUT2D eigenvalue weighted by molar-refractivity contribution is -0.129. The average molecular weight is 348 g/mol. The number of rotatable bonds is 7. The summed E-state index contributed by atoms with van der Waals surface area (Å²) in [6.07, 6.45) is -0.567. The van der Waals surface area contributed by atoms with Crippen molar-refractivity contribution in [3.63, 3.8) is 0 Å². The van der Waals surface area contributed by atoms with E-state index >= 15 is 0 Å². The van der Waals surface area contributed by atoms with Gasteiger partial charge in [0, 0.05) is 26.5 Å². The van der Waals surface area contributed by atoms with Crippen LogP contribution < -0.4 is 10.2 Å². The van der Waals surface area contributed by atoms with E-state index < -0.39 is 18.0 Å². The molecular weight excluding hydrogens is 328 g/mol. The molecule has 0 aliphatic carbocycles. The minimum absolute atomic E-state index is 0.193. The monoisotopic (exact) mass is 348 g/mol. The number of carbonyl (C=O) groups excluding carboxylic acids is 4. The summed E-state index contributed by atoms with van der Waals surface area (Å²) < 4.78 is 9.91. The van der Waals surface area contributed by atoms with Crippen molar-refractivity contribution in [3.8, 4) is 0 Å². The molecule has 1 N–H and O–H groups in total. The van der Waals surface area contributed by atoms with E-state index in [1.807, 2.05) is 0 Å². The number of methoxy groups -OCH3 is 1. The highest BCUT2D eigenvalue weighted by Gasteiger charge is 2.30. The van der Waals surface area contributed by atoms with Crippen LogP contribution in [0.2, 0.25) is 0 Å². The highest BCUT2D eigenvalue weighted by Crippen LogP contribution is 2.23. The molecule has 8 heteroatoms. The third-order valence-corrected chi connectivity index (χ3v) is 3.67. The molecule has 0 unspecified atom stereocenters. The summed E-state index contributed by atoms with van der Waals surface area (Å²) in [5, 5.41) is 2.57. The number of nitrogens with zero attached hydrogens (tertiary/aromatic N) is 1. The van der Waals surface area contributed by atoms with Gasteiger partial charge in [-0.05, 0) is 31.2 Å². The van der Waals surface area contributed by atoms with Gasteiger partial charge in [0.15, 0.2) is 6.10 Å². The van der Waals surface area contributed by atoms with Gasteiger partial charge in [0.1, 0.15) is 0 Å². The molecular formula is C17H20N2O6. The molecule has 1 aromatic carbocycles. The zero-order valence-corrected chi connectivity index (χ0v) is 14.1. The van der Waals surface area contributed by atoms with Gasteiger partial charge in [0.25, 0.3) is 5.91 Å². The largest absolute Gasteiger partial charge is 0.449 e. The second-order valence-electron chi connectivity index (χ2n) is 5.50. The number of hydrogen-bond acceptors (Lipinski definition) is 6. The van der Waals surface area contributed by atoms with Gasteiger partial charge in [0.05, 0.1) is 17.9 Å². The summed E-state index contributed by atoms with van der Waals surface area (Å²) in [6, 6.07) is 5.90. The number of esters is 1. The van der Waals surface area contributed by atoms with E-state index in [1.54, 1.807) is 0 Å². The molecule has 134 valence electrons. The maximum Gasteiger partial charge on any atom is 0.338 e. The SMILES string of the molecule is COCCNC(=O)[C@@H](C)OC(=O)c1ccc(N2C(=O)CCC2=O)cc1. The molecule has 0 bridgehead atoms. The third-order valence-electron chi connectivity index (χ3n) is 3.67. The second-order valence-corrected chi connectivity index (χ2v) is 5.50. The van der Waals surface area contributed by atoms with E-state index in [-0.39, 0.29) is 30.2 Å². The number of benzene rings is 1. The topological polar surface area (TPSA) is 102 Å². The summed E-state index contributed by atoms with van der Waals surface area (Å²) in [5.41, 5.74) is 0.633. The number of hydrogen-bond donors (Lipinski definition) is 1. The van der Waals surface area contributed by atoms with Crippen molar-refractivity contribution in [2.45, 2.75) is 25.9 Å². The van der Waals surface area contributed by atoms with Crippen molar-refractivity contribution in [2.75, 3.05) is 25.2 Å². The molecule has 1 fully saturated rings. The maximum atomic E-state index is 12.1. The van der Waals surface area contributed by atoms with Crippen LogP contribution in [0.4, 0.5) is 5.69 Å². The summed E-state index contributed by atoms with van der Waals surface area (Å²) in [5.74, 6) is -1.61. The van der Waals surface area contributed by atoms with Gasteiger partial charge >= 0.3 is 5.97 Å². The highest BCUT2D eigenvalue weighted by atomic mass is 16.5. The standard InChI is InChI=1S/C17H20N2O6/c1-11(16(22)18-9-10-24-2)25-17(23)12-3-5-13(6-4-12)19-14(20)7-8-15(19)21/h3-6,11H,7-10H2,1-2H3,(H,18,22)/t11-/m1/s1. The summed E-state index contributed by atoms with van der Waals surface area (Å²) >= 11 is 0. The van der Waals surface area contributed by atoms with E-state index in [9.17, 15) is 19.2 Å². The van der Waals surface area contributed by atoms with Gasteiger partial charge in [-0.25, -0.2) is 4.79 Å². The third kappa shape index (κ3) is 4.63. The predicted octanol–water partition coefficient (Wildman–Crippen LogP) is 0.648. The normalized spacial score (nSPS) is 15.2. The van der Waals surface area contributed by atoms with Crippen molar-refractivity contribution in [1.29, 1.82) is 0 Å². The minimum Gasteiger partial charge on any atom is -0.449 e. The van der Waals surface area contributed by atoms with E-state index in [4.69, 9.17) is 9.47 Å². The number of anilines is 1. The lowest BCUT2D eigenvalue weighted by Crippen LogP contribution is -2.37. The van der Waals surface area contributed by atoms with Gasteiger partial charge in [-0.15, -0.1) is 0 Å². The van der Waals surface area contributed by atoms with Crippen LogP contribution in [0.3, 0.4) is 0 Å². The van der Waals surface area contributed by atoms with Crippen LogP contribution in [-0.2, 0) is 23.9 Å². The molecule has 1 aromatic rings. The first-order valence-corrected chi connectivity index (χ1v) is 7.87. The Labute approximate surface area is 145 Å². The Balaban J connectivity index is 1.95. The zero-order chi connectivity index (χ0) is 18.4. The Morgan fingerprint density at radius 2 is 1.76 bits per heavy atom. The zero-order valence-electron chi connectivity index (χ0n) is 14.1. The first kappa shape index (κ1) is 18.6. The first-order valence-electron chi connectivity index (χ1n) is 7.87. The molecule has 8 nitrogen and oxygen atoms in total. The van der Waals surface area contributed by atoms with Crippen molar-refractivity contribution >= 4 is 29.4 Å². The molecule has 0 aromatic heterocycles. The molecule has 1 saturated heterocycles. The van der Waals surface area contributed by atoms with Gasteiger partial charge in [-0.2, -0.15) is 0 Å². The Bertz CT molecular complexity index is 654. The van der Waals surface area contributed by atoms with Crippen LogP contribution in [-0.4, -0.2) is 50.1 Å². The molecule has 2 rings (SSSR count). The quantitative estimate of drug-likeness (QED) is 0.441. The molecule has 0 spiro atoms. The smallest absolute Gasteiger partial charge is 0.338 e. The number of imide groups is 1. The number of carbonyl (C=O) groups is 4. The van der Waals surface area contributed by atoms with Gasteiger partial charge in [-0.1, -0.05) is 0 Å². The van der Waals surface area contributed by atoms with Gasteiger partial charge in [-0.3, -0.25) is 19.3 Å². The van der Waals surface area contributed by atoms with Crippen LogP contribution in [0.1, 0.15) is 30.1 Å². The van der Waals surface area contributed by atoms with Crippen LogP contribution >= 0.6 is 0 Å². The van der Waals surface area contributed by atoms with Crippen LogP contribution in [0, 0.1) is 0 Å². The fourth-order valence-electron chi connectivity index (χ4n) is 2.31. The Morgan fingerprint density at radius 3 is 2.32 bits per heavy atom. The maximum absolute atomic E-state index is 12.1. The van der Waals surface area contributed by atoms with E-state index in [0.717, 1.165) is 4.90 Å². The minimum atomic E-state index is -0.953. The van der Waals surface area contributed by atoms with Crippen molar-refractivity contribution < 1.29 is 28.7 Å². The molecule has 3 amide bonds. The average Bonchev–Trinajstić information content (AvgIpc) is 2.93. The Kier molecular flexibility index (Phi) is 6.24. The Hall–Kier alpha value is -2.74. The predicted molar refractivity (Wildman–Crippen MR) is 87.9 cm³/mol. The molecule has 1 aliphatic rings. The van der Waals surface area contributed by atoms with Crippen LogP contribution in [0.15, 0.2) is 24.3 Å². The fourth-order valence-corrected chi connectivity index (χ4v) is 2.31. The Morgan fingerprint density at radius 1 is 1.16 bits per heavy atom. The van der Waals surface area contributed by atoms with E-state index in [1.165, 1.54) is 38.3 Å². The first-order chi connectivity index (χ1) is 11.9. The number of ether oxygens (including phenoxy) is 2. The second kappa shape index (κ2) is 8.39. The number of nitrogens with one attached hydrogen (secondary N) is 1. The highest BCUT2D eigenvalue weighted by molar-refractivity contribution is 6.19. The molecule has 25 heavy (non-hydrogen) atoms. The van der Waals surface area contributed by atoms with Crippen LogP contribution in [0.25, 0.3) is 0 Å². The molecule has 0 radical (unpaired) electrons. The van der Waals surface area contributed by atoms with E-state index in [0.29, 0.717) is 18.8 Å². The summed E-state index contributed by atoms with van der Waals surface area (Å²) in [6.45, 7) is 2.15. The van der Waals surface area contributed by atoms with Crippen LogP contribution in [0.5, 0.6) is 0 Å². The van der Waals surface area contributed by atoms with Crippen molar-refractivity contribution in [1.82, 2.24) is 5.32 Å². The lowest BCUT2D eigenvalue weighted by atomic mass is 10.2. The fraction of sp³-hybridized carbons (Fsp3) is 0.412. The molecule has 1 heterocycles. The van der Waals surface area contributed by atoms with Crippen molar-refractivity contribution in [3.05, 3.63) is 29.8 Å². The van der Waals surface area contributed by atoms with E-state index in [2.05, 4.69) is 5.32 Å². The summed E-state index contributed by atoms with van der Waals surface area (Å²) in [4.78, 5) is 48.3. The lowest BCUT2D eigenvalue weighted by Gasteiger charge is -2.15. The molecule has 1 aliphatic heterocycles. The van der Waals surface area contributed by atoms with Crippen molar-refractivity contribution in [2.24, 2.45) is 0 Å². The van der Waals surface area contributed by atoms with Gasteiger partial charge in [0.2, 0.25) is 11.8 Å². The summed E-state index contributed by atoms with van der Waals surface area (Å²) in [7, 11) is 1.52. The molecule has 1 atom stereocenters.